The van der Waals surface area contributed by atoms with Crippen LogP contribution in [0, 0.1) is 18.7 Å². The van der Waals surface area contributed by atoms with Crippen molar-refractivity contribution in [2.24, 2.45) is 5.92 Å². The van der Waals surface area contributed by atoms with E-state index in [1.54, 1.807) is 19.1 Å². The third-order valence-electron chi connectivity index (χ3n) is 4.15. The Morgan fingerprint density at radius 3 is 3.13 bits per heavy atom. The van der Waals surface area contributed by atoms with E-state index in [2.05, 4.69) is 15.6 Å². The number of amides is 1. The summed E-state index contributed by atoms with van der Waals surface area (Å²) in [6.07, 6.45) is 2.59. The quantitative estimate of drug-likeness (QED) is 0.879. The molecule has 23 heavy (non-hydrogen) atoms. The predicted molar refractivity (Wildman–Crippen MR) is 91.1 cm³/mol. The molecule has 1 aliphatic heterocycles. The molecule has 0 aliphatic carbocycles. The molecule has 122 valence electrons. The minimum atomic E-state index is -0.223. The zero-order valence-corrected chi connectivity index (χ0v) is 13.9. The first kappa shape index (κ1) is 16.1. The zero-order valence-electron chi connectivity index (χ0n) is 13.1. The van der Waals surface area contributed by atoms with Gasteiger partial charge in [0.1, 0.15) is 5.82 Å². The number of carbonyl (C=O) groups excluding carboxylic acids is 1. The fourth-order valence-corrected chi connectivity index (χ4v) is 3.48. The van der Waals surface area contributed by atoms with E-state index >= 15 is 0 Å². The van der Waals surface area contributed by atoms with Crippen LogP contribution in [0.15, 0.2) is 23.6 Å². The SMILES string of the molecule is Cc1cc(-c2csc(NC(=O)CCC3CCNC3)n2)ccc1F. The standard InChI is InChI=1S/C17H20FN3OS/c1-11-8-13(3-4-14(11)18)15-10-23-17(20-15)21-16(22)5-2-12-6-7-19-9-12/h3-4,8,10,12,19H,2,5-7,9H2,1H3,(H,20,21,22). The number of halogens is 1. The number of nitrogens with zero attached hydrogens (tertiary/aromatic N) is 1. The normalized spacial score (nSPS) is 17.4. The van der Waals surface area contributed by atoms with Crippen molar-refractivity contribution in [2.45, 2.75) is 26.2 Å². The van der Waals surface area contributed by atoms with Gasteiger partial charge >= 0.3 is 0 Å². The number of carbonyl (C=O) groups is 1. The van der Waals surface area contributed by atoms with Gasteiger partial charge in [-0.05, 0) is 62.5 Å². The minimum absolute atomic E-state index is 0.00749. The molecule has 1 amide bonds. The third-order valence-corrected chi connectivity index (χ3v) is 4.90. The van der Waals surface area contributed by atoms with Crippen molar-refractivity contribution < 1.29 is 9.18 Å². The van der Waals surface area contributed by atoms with E-state index in [9.17, 15) is 9.18 Å². The predicted octanol–water partition coefficient (Wildman–Crippen LogP) is 3.59. The van der Waals surface area contributed by atoms with Gasteiger partial charge in [-0.2, -0.15) is 0 Å². The Balaban J connectivity index is 1.58. The van der Waals surface area contributed by atoms with Gasteiger partial charge in [0, 0.05) is 17.4 Å². The number of anilines is 1. The van der Waals surface area contributed by atoms with Crippen LogP contribution in [0.25, 0.3) is 11.3 Å². The molecule has 0 saturated carbocycles. The lowest BCUT2D eigenvalue weighted by Gasteiger charge is -2.07. The molecule has 4 nitrogen and oxygen atoms in total. The van der Waals surface area contributed by atoms with Crippen molar-refractivity contribution in [2.75, 3.05) is 18.4 Å². The molecule has 0 spiro atoms. The molecular formula is C17H20FN3OS. The average molecular weight is 333 g/mol. The molecule has 2 aromatic rings. The van der Waals surface area contributed by atoms with Crippen LogP contribution in [0.2, 0.25) is 0 Å². The lowest BCUT2D eigenvalue weighted by Crippen LogP contribution is -2.14. The summed E-state index contributed by atoms with van der Waals surface area (Å²) in [7, 11) is 0. The van der Waals surface area contributed by atoms with Crippen LogP contribution in [0.4, 0.5) is 9.52 Å². The van der Waals surface area contributed by atoms with E-state index in [1.807, 2.05) is 5.38 Å². The molecule has 1 atom stereocenters. The molecule has 1 aromatic heterocycles. The minimum Gasteiger partial charge on any atom is -0.316 e. The lowest BCUT2D eigenvalue weighted by atomic mass is 10.0. The highest BCUT2D eigenvalue weighted by atomic mass is 32.1. The number of nitrogens with one attached hydrogen (secondary N) is 2. The Hall–Kier alpha value is -1.79. The highest BCUT2D eigenvalue weighted by molar-refractivity contribution is 7.14. The number of thiazole rings is 1. The van der Waals surface area contributed by atoms with Crippen molar-refractivity contribution in [1.82, 2.24) is 10.3 Å². The van der Waals surface area contributed by atoms with E-state index in [1.165, 1.54) is 17.4 Å². The van der Waals surface area contributed by atoms with Crippen molar-refractivity contribution in [1.29, 1.82) is 0 Å². The average Bonchev–Trinajstić information content (AvgIpc) is 3.19. The summed E-state index contributed by atoms with van der Waals surface area (Å²) in [5.41, 5.74) is 2.21. The van der Waals surface area contributed by atoms with Crippen LogP contribution in [-0.4, -0.2) is 24.0 Å². The van der Waals surface area contributed by atoms with E-state index in [0.29, 0.717) is 23.0 Å². The van der Waals surface area contributed by atoms with E-state index in [-0.39, 0.29) is 11.7 Å². The van der Waals surface area contributed by atoms with Crippen molar-refractivity contribution in [3.8, 4) is 11.3 Å². The molecule has 1 fully saturated rings. The van der Waals surface area contributed by atoms with Gasteiger partial charge in [-0.1, -0.05) is 0 Å². The van der Waals surface area contributed by atoms with E-state index in [0.717, 1.165) is 37.2 Å². The Bertz CT molecular complexity index is 695. The van der Waals surface area contributed by atoms with Crippen LogP contribution >= 0.6 is 11.3 Å². The smallest absolute Gasteiger partial charge is 0.226 e. The number of rotatable bonds is 5. The first-order valence-electron chi connectivity index (χ1n) is 7.84. The van der Waals surface area contributed by atoms with Gasteiger partial charge in [-0.15, -0.1) is 11.3 Å². The monoisotopic (exact) mass is 333 g/mol. The second-order valence-electron chi connectivity index (χ2n) is 5.95. The Morgan fingerprint density at radius 1 is 1.52 bits per heavy atom. The summed E-state index contributed by atoms with van der Waals surface area (Å²) in [5.74, 6) is 0.391. The Labute approximate surface area is 139 Å². The Kier molecular flexibility index (Phi) is 5.03. The molecule has 1 aliphatic rings. The second kappa shape index (κ2) is 7.19. The van der Waals surface area contributed by atoms with Crippen LogP contribution in [0.3, 0.4) is 0 Å². The molecule has 1 aromatic carbocycles. The summed E-state index contributed by atoms with van der Waals surface area (Å²) < 4.78 is 13.3. The fraction of sp³-hybridized carbons (Fsp3) is 0.412. The second-order valence-corrected chi connectivity index (χ2v) is 6.81. The van der Waals surface area contributed by atoms with Gasteiger partial charge in [-0.3, -0.25) is 4.79 Å². The van der Waals surface area contributed by atoms with Crippen molar-refractivity contribution >= 4 is 22.4 Å². The lowest BCUT2D eigenvalue weighted by molar-refractivity contribution is -0.116. The van der Waals surface area contributed by atoms with E-state index < -0.39 is 0 Å². The van der Waals surface area contributed by atoms with Crippen molar-refractivity contribution in [3.63, 3.8) is 0 Å². The molecule has 2 heterocycles. The molecule has 1 unspecified atom stereocenters. The third kappa shape index (κ3) is 4.14. The number of aromatic nitrogens is 1. The molecule has 6 heteroatoms. The maximum Gasteiger partial charge on any atom is 0.226 e. The highest BCUT2D eigenvalue weighted by Gasteiger charge is 2.16. The summed E-state index contributed by atoms with van der Waals surface area (Å²) in [5, 5.41) is 8.64. The number of aryl methyl sites for hydroxylation is 1. The molecular weight excluding hydrogens is 313 g/mol. The fourth-order valence-electron chi connectivity index (χ4n) is 2.75. The Morgan fingerprint density at radius 2 is 2.39 bits per heavy atom. The van der Waals surface area contributed by atoms with Crippen LogP contribution in [-0.2, 0) is 4.79 Å². The van der Waals surface area contributed by atoms with Crippen molar-refractivity contribution in [3.05, 3.63) is 35.0 Å². The summed E-state index contributed by atoms with van der Waals surface area (Å²) in [4.78, 5) is 16.4. The highest BCUT2D eigenvalue weighted by Crippen LogP contribution is 2.26. The molecule has 3 rings (SSSR count). The van der Waals surface area contributed by atoms with E-state index in [4.69, 9.17) is 0 Å². The van der Waals surface area contributed by atoms with Crippen LogP contribution < -0.4 is 10.6 Å². The maximum absolute atomic E-state index is 13.3. The summed E-state index contributed by atoms with van der Waals surface area (Å²) in [6.45, 7) is 3.80. The van der Waals surface area contributed by atoms with Gasteiger partial charge in [0.15, 0.2) is 5.13 Å². The van der Waals surface area contributed by atoms with Gasteiger partial charge in [0.05, 0.1) is 5.69 Å². The first-order chi connectivity index (χ1) is 11.1. The van der Waals surface area contributed by atoms with Gasteiger partial charge in [0.2, 0.25) is 5.91 Å². The van der Waals surface area contributed by atoms with Gasteiger partial charge < -0.3 is 10.6 Å². The molecule has 0 radical (unpaired) electrons. The number of benzene rings is 1. The molecule has 1 saturated heterocycles. The topological polar surface area (TPSA) is 54.0 Å². The summed E-state index contributed by atoms with van der Waals surface area (Å²) >= 11 is 1.39. The van der Waals surface area contributed by atoms with Gasteiger partial charge in [-0.25, -0.2) is 9.37 Å². The van der Waals surface area contributed by atoms with Crippen LogP contribution in [0.5, 0.6) is 0 Å². The zero-order chi connectivity index (χ0) is 16.2. The molecule has 0 bridgehead atoms. The first-order valence-corrected chi connectivity index (χ1v) is 8.72. The number of hydrogen-bond acceptors (Lipinski definition) is 4. The largest absolute Gasteiger partial charge is 0.316 e. The van der Waals surface area contributed by atoms with Gasteiger partial charge in [0.25, 0.3) is 0 Å². The maximum atomic E-state index is 13.3. The van der Waals surface area contributed by atoms with Crippen LogP contribution in [0.1, 0.15) is 24.8 Å². The molecule has 2 N–H and O–H groups in total. The number of hydrogen-bond donors (Lipinski definition) is 2. The summed E-state index contributed by atoms with van der Waals surface area (Å²) in [6, 6.07) is 4.91.